The summed E-state index contributed by atoms with van der Waals surface area (Å²) in [5.41, 5.74) is 1.20. The number of fused-ring (bicyclic) bond motifs is 1. The standard InChI is InChI=1S/C27H32N4O3/c1-18(2)13-29-26(33)22-16-31(21-9-4-3-5-10-21)17-23(25(22)32)27(34)30-15-19-12-20-8-6-7-11-24(20)28-14-19/h6-8,11-12,14,16-18,21H,3-5,9-10,13,15H2,1-2H3,(H,29,33)(H,30,34). The van der Waals surface area contributed by atoms with Crippen molar-refractivity contribution in [2.45, 2.75) is 58.5 Å². The predicted molar refractivity (Wildman–Crippen MR) is 133 cm³/mol. The van der Waals surface area contributed by atoms with Gasteiger partial charge in [0.05, 0.1) is 5.52 Å². The first-order chi connectivity index (χ1) is 16.4. The van der Waals surface area contributed by atoms with Gasteiger partial charge in [-0.2, -0.15) is 0 Å². The second-order valence-corrected chi connectivity index (χ2v) is 9.48. The van der Waals surface area contributed by atoms with Crippen LogP contribution in [-0.2, 0) is 6.54 Å². The maximum Gasteiger partial charge on any atom is 0.257 e. The number of carbonyl (C=O) groups excluding carboxylic acids is 2. The number of rotatable bonds is 7. The van der Waals surface area contributed by atoms with Crippen molar-refractivity contribution in [3.8, 4) is 0 Å². The zero-order valence-electron chi connectivity index (χ0n) is 19.8. The lowest BCUT2D eigenvalue weighted by molar-refractivity contribution is 0.0945. The topological polar surface area (TPSA) is 93.1 Å². The van der Waals surface area contributed by atoms with Crippen LogP contribution < -0.4 is 16.1 Å². The van der Waals surface area contributed by atoms with E-state index >= 15 is 0 Å². The Morgan fingerprint density at radius 3 is 2.41 bits per heavy atom. The summed E-state index contributed by atoms with van der Waals surface area (Å²) in [4.78, 5) is 43.5. The van der Waals surface area contributed by atoms with E-state index in [-0.39, 0.29) is 29.6 Å². The number of hydrogen-bond acceptors (Lipinski definition) is 4. The van der Waals surface area contributed by atoms with E-state index in [4.69, 9.17) is 0 Å². The van der Waals surface area contributed by atoms with E-state index < -0.39 is 17.2 Å². The minimum Gasteiger partial charge on any atom is -0.352 e. The van der Waals surface area contributed by atoms with Crippen molar-refractivity contribution < 1.29 is 9.59 Å². The van der Waals surface area contributed by atoms with Gasteiger partial charge in [0, 0.05) is 43.1 Å². The van der Waals surface area contributed by atoms with Gasteiger partial charge in [-0.15, -0.1) is 0 Å². The lowest BCUT2D eigenvalue weighted by atomic mass is 9.95. The third-order valence-corrected chi connectivity index (χ3v) is 6.30. The highest BCUT2D eigenvalue weighted by Gasteiger charge is 2.23. The first-order valence-electron chi connectivity index (χ1n) is 12.1. The number of amides is 2. The number of nitrogens with zero attached hydrogens (tertiary/aromatic N) is 2. The van der Waals surface area contributed by atoms with Crippen LogP contribution in [0.1, 0.15) is 78.3 Å². The van der Waals surface area contributed by atoms with Crippen molar-refractivity contribution in [1.82, 2.24) is 20.2 Å². The molecule has 1 fully saturated rings. The summed E-state index contributed by atoms with van der Waals surface area (Å²) in [5.74, 6) is -0.663. The van der Waals surface area contributed by atoms with Crippen LogP contribution in [0.5, 0.6) is 0 Å². The van der Waals surface area contributed by atoms with E-state index in [1.54, 1.807) is 18.6 Å². The van der Waals surface area contributed by atoms with Gasteiger partial charge < -0.3 is 15.2 Å². The van der Waals surface area contributed by atoms with Gasteiger partial charge in [-0.05, 0) is 36.5 Å². The van der Waals surface area contributed by atoms with E-state index in [0.717, 1.165) is 42.1 Å². The molecular weight excluding hydrogens is 428 g/mol. The van der Waals surface area contributed by atoms with Gasteiger partial charge in [-0.3, -0.25) is 19.4 Å². The molecule has 2 amide bonds. The number of nitrogens with one attached hydrogen (secondary N) is 2. The van der Waals surface area contributed by atoms with Crippen LogP contribution in [-0.4, -0.2) is 27.9 Å². The van der Waals surface area contributed by atoms with Crippen LogP contribution in [0.4, 0.5) is 0 Å². The molecule has 34 heavy (non-hydrogen) atoms. The van der Waals surface area contributed by atoms with Crippen LogP contribution >= 0.6 is 0 Å². The zero-order valence-corrected chi connectivity index (χ0v) is 19.8. The Labute approximate surface area is 199 Å². The monoisotopic (exact) mass is 460 g/mol. The molecule has 1 aromatic carbocycles. The normalized spacial score (nSPS) is 14.3. The fourth-order valence-corrected chi connectivity index (χ4v) is 4.39. The molecule has 4 rings (SSSR count). The van der Waals surface area contributed by atoms with Gasteiger partial charge in [0.15, 0.2) is 0 Å². The molecule has 1 saturated carbocycles. The second kappa shape index (κ2) is 10.6. The molecule has 1 aliphatic rings. The molecule has 2 heterocycles. The van der Waals surface area contributed by atoms with Crippen molar-refractivity contribution in [1.29, 1.82) is 0 Å². The molecule has 0 spiro atoms. The Bertz CT molecular complexity index is 1240. The fourth-order valence-electron chi connectivity index (χ4n) is 4.39. The summed E-state index contributed by atoms with van der Waals surface area (Å²) in [7, 11) is 0. The Morgan fingerprint density at radius 2 is 1.71 bits per heavy atom. The molecule has 0 atom stereocenters. The largest absolute Gasteiger partial charge is 0.352 e. The highest BCUT2D eigenvalue weighted by atomic mass is 16.2. The van der Waals surface area contributed by atoms with Crippen LogP contribution in [0.25, 0.3) is 10.9 Å². The lowest BCUT2D eigenvalue weighted by Crippen LogP contribution is -2.36. The minimum absolute atomic E-state index is 0.00322. The van der Waals surface area contributed by atoms with Gasteiger partial charge in [-0.25, -0.2) is 0 Å². The van der Waals surface area contributed by atoms with E-state index in [2.05, 4.69) is 15.6 Å². The van der Waals surface area contributed by atoms with Crippen LogP contribution in [0, 0.1) is 5.92 Å². The summed E-state index contributed by atoms with van der Waals surface area (Å²) in [6, 6.07) is 9.92. The average molecular weight is 461 g/mol. The second-order valence-electron chi connectivity index (χ2n) is 9.48. The minimum atomic E-state index is -0.539. The molecule has 7 heteroatoms. The number of para-hydroxylation sites is 1. The summed E-state index contributed by atoms with van der Waals surface area (Å²) in [5, 5.41) is 6.65. The van der Waals surface area contributed by atoms with Crippen LogP contribution in [0.15, 0.2) is 53.7 Å². The summed E-state index contributed by atoms with van der Waals surface area (Å²) in [6.07, 6.45) is 10.3. The number of pyridine rings is 2. The fraction of sp³-hybridized carbons (Fsp3) is 0.407. The van der Waals surface area contributed by atoms with Gasteiger partial charge >= 0.3 is 0 Å². The molecule has 0 unspecified atom stereocenters. The molecular formula is C27H32N4O3. The predicted octanol–water partition coefficient (Wildman–Crippen LogP) is 4.22. The van der Waals surface area contributed by atoms with Crippen molar-refractivity contribution in [3.63, 3.8) is 0 Å². The van der Waals surface area contributed by atoms with E-state index in [1.165, 1.54) is 6.42 Å². The Hall–Kier alpha value is -3.48. The smallest absolute Gasteiger partial charge is 0.257 e. The summed E-state index contributed by atoms with van der Waals surface area (Å²) in [6.45, 7) is 4.69. The van der Waals surface area contributed by atoms with E-state index in [9.17, 15) is 14.4 Å². The first kappa shape index (κ1) is 23.7. The zero-order chi connectivity index (χ0) is 24.1. The molecule has 0 aliphatic heterocycles. The van der Waals surface area contributed by atoms with Gasteiger partial charge in [-0.1, -0.05) is 51.3 Å². The van der Waals surface area contributed by atoms with Crippen LogP contribution in [0.3, 0.4) is 0 Å². The maximum absolute atomic E-state index is 13.2. The molecule has 3 aromatic rings. The van der Waals surface area contributed by atoms with Crippen molar-refractivity contribution in [3.05, 3.63) is 75.8 Å². The van der Waals surface area contributed by atoms with E-state index in [0.29, 0.717) is 6.54 Å². The average Bonchev–Trinajstić information content (AvgIpc) is 2.86. The Morgan fingerprint density at radius 1 is 1.03 bits per heavy atom. The number of carbonyl (C=O) groups is 2. The first-order valence-corrected chi connectivity index (χ1v) is 12.1. The van der Waals surface area contributed by atoms with Gasteiger partial charge in [0.2, 0.25) is 5.43 Å². The molecule has 0 bridgehead atoms. The third kappa shape index (κ3) is 5.53. The molecule has 1 aliphatic carbocycles. The Kier molecular flexibility index (Phi) is 7.40. The molecule has 178 valence electrons. The van der Waals surface area contributed by atoms with E-state index in [1.807, 2.05) is 48.7 Å². The number of benzene rings is 1. The van der Waals surface area contributed by atoms with Crippen molar-refractivity contribution in [2.75, 3.05) is 6.54 Å². The van der Waals surface area contributed by atoms with Gasteiger partial charge in [0.25, 0.3) is 11.8 Å². The quantitative estimate of drug-likeness (QED) is 0.552. The van der Waals surface area contributed by atoms with Crippen molar-refractivity contribution >= 4 is 22.7 Å². The molecule has 7 nitrogen and oxygen atoms in total. The molecule has 2 N–H and O–H groups in total. The third-order valence-electron chi connectivity index (χ3n) is 6.30. The van der Waals surface area contributed by atoms with Crippen molar-refractivity contribution in [2.24, 2.45) is 5.92 Å². The SMILES string of the molecule is CC(C)CNC(=O)c1cn(C2CCCCC2)cc(C(=O)NCc2cnc3ccccc3c2)c1=O. The Balaban J connectivity index is 1.59. The van der Waals surface area contributed by atoms with Gasteiger partial charge in [0.1, 0.15) is 11.1 Å². The number of aromatic nitrogens is 2. The maximum atomic E-state index is 13.2. The number of hydrogen-bond donors (Lipinski definition) is 2. The highest BCUT2D eigenvalue weighted by Crippen LogP contribution is 2.28. The lowest BCUT2D eigenvalue weighted by Gasteiger charge is -2.25. The highest BCUT2D eigenvalue weighted by molar-refractivity contribution is 5.99. The molecule has 2 aromatic heterocycles. The molecule has 0 saturated heterocycles. The van der Waals surface area contributed by atoms with Crippen LogP contribution in [0.2, 0.25) is 0 Å². The molecule has 0 radical (unpaired) electrons. The summed E-state index contributed by atoms with van der Waals surface area (Å²) < 4.78 is 1.90. The summed E-state index contributed by atoms with van der Waals surface area (Å²) >= 11 is 0.